The topological polar surface area (TPSA) is 371 Å². The summed E-state index contributed by atoms with van der Waals surface area (Å²) < 4.78 is 0. The molecule has 0 radical (unpaired) electrons. The molecule has 2 unspecified atom stereocenters. The van der Waals surface area contributed by atoms with Gasteiger partial charge in [-0.3, -0.25) is 43.5 Å². The van der Waals surface area contributed by atoms with Gasteiger partial charge in [-0.2, -0.15) is 0 Å². The Bertz CT molecular complexity index is 1960. The molecule has 2 heterocycles. The number of benzene rings is 2. The van der Waals surface area contributed by atoms with E-state index in [1.54, 1.807) is 24.3 Å². The van der Waals surface area contributed by atoms with Gasteiger partial charge in [-0.25, -0.2) is 0 Å². The summed E-state index contributed by atoms with van der Waals surface area (Å²) in [5.74, 6) is -6.03. The monoisotopic (exact) mass is 958 g/mol. The van der Waals surface area contributed by atoms with Gasteiger partial charge in [0, 0.05) is 26.2 Å². The summed E-state index contributed by atoms with van der Waals surface area (Å²) in [6, 6.07) is 5.39. The molecule has 23 heteroatoms. The normalized spacial score (nSPS) is 18.5. The molecule has 2 aromatic carbocycles. The van der Waals surface area contributed by atoms with E-state index in [0.717, 1.165) is 0 Å². The molecule has 0 aliphatic carbocycles. The summed E-state index contributed by atoms with van der Waals surface area (Å²) in [5.41, 5.74) is 35.7. The van der Waals surface area contributed by atoms with Gasteiger partial charge in [0.05, 0.1) is 24.2 Å². The van der Waals surface area contributed by atoms with E-state index in [1.807, 2.05) is 0 Å². The average molecular weight is 960 g/mol. The second-order valence-electron chi connectivity index (χ2n) is 16.3. The largest absolute Gasteiger partial charge is 0.508 e. The van der Waals surface area contributed by atoms with Crippen molar-refractivity contribution in [2.24, 2.45) is 44.4 Å². The van der Waals surface area contributed by atoms with Crippen LogP contribution in [0.15, 0.2) is 58.5 Å². The van der Waals surface area contributed by atoms with Crippen LogP contribution < -0.4 is 45.0 Å². The van der Waals surface area contributed by atoms with E-state index < -0.39 is 88.0 Å². The Balaban J connectivity index is 1.47. The second kappa shape index (κ2) is 25.0. The van der Waals surface area contributed by atoms with Gasteiger partial charge in [0.15, 0.2) is 40.0 Å². The van der Waals surface area contributed by atoms with Crippen LogP contribution in [0.2, 0.25) is 0 Å². The van der Waals surface area contributed by atoms with Crippen LogP contribution in [0.4, 0.5) is 0 Å². The smallest absolute Gasteiger partial charge is 0.243 e. The second-order valence-corrected chi connectivity index (χ2v) is 17.2. The third-order valence-electron chi connectivity index (χ3n) is 11.3. The van der Waals surface area contributed by atoms with Gasteiger partial charge in [0.25, 0.3) is 0 Å². The lowest BCUT2D eigenvalue weighted by Crippen LogP contribution is -2.56. The van der Waals surface area contributed by atoms with Crippen molar-refractivity contribution in [2.45, 2.75) is 111 Å². The Kier molecular flexibility index (Phi) is 19.9. The molecule has 66 heavy (non-hydrogen) atoms. The maximum atomic E-state index is 14.0. The number of aromatic hydroxyl groups is 2. The number of halogens is 2. The fraction of sp³-hybridized carbons (Fsp3) is 0.512. The number of carbonyl (C=O) groups is 7. The number of carbonyl (C=O) groups excluding carboxylic acids is 7. The van der Waals surface area contributed by atoms with Crippen LogP contribution in [0, 0.1) is 0 Å². The van der Waals surface area contributed by atoms with Gasteiger partial charge < -0.3 is 65.0 Å². The van der Waals surface area contributed by atoms with Gasteiger partial charge in [-0.05, 0) is 99.6 Å². The average Bonchev–Trinajstić information content (AvgIpc) is 3.99. The van der Waals surface area contributed by atoms with E-state index in [4.69, 9.17) is 57.6 Å². The lowest BCUT2D eigenvalue weighted by Gasteiger charge is -2.29. The number of amides is 4. The van der Waals surface area contributed by atoms with E-state index in [1.165, 1.54) is 34.1 Å². The zero-order valence-electron chi connectivity index (χ0n) is 36.4. The molecule has 21 nitrogen and oxygen atoms in total. The number of hydrogen-bond acceptors (Lipinski definition) is 13. The highest BCUT2D eigenvalue weighted by Crippen LogP contribution is 2.24. The first kappa shape index (κ1) is 52.6. The highest BCUT2D eigenvalue weighted by atomic mass is 35.5. The first-order chi connectivity index (χ1) is 31.3. The molecule has 8 atom stereocenters. The number of rotatable bonds is 24. The van der Waals surface area contributed by atoms with Crippen LogP contribution in [0.3, 0.4) is 0 Å². The predicted octanol–water partition coefficient (Wildman–Crippen LogP) is -1.48. The molecule has 4 amide bonds. The number of nitrogens with one attached hydrogen (secondary N) is 2. The summed E-state index contributed by atoms with van der Waals surface area (Å²) in [7, 11) is 0. The fourth-order valence-corrected chi connectivity index (χ4v) is 8.48. The molecule has 360 valence electrons. The number of guanidine groups is 2. The minimum Gasteiger partial charge on any atom is -0.508 e. The van der Waals surface area contributed by atoms with Crippen LogP contribution in [0.25, 0.3) is 0 Å². The van der Waals surface area contributed by atoms with Crippen molar-refractivity contribution in [1.82, 2.24) is 20.4 Å². The molecule has 2 aliphatic rings. The lowest BCUT2D eigenvalue weighted by atomic mass is 9.95. The van der Waals surface area contributed by atoms with Crippen LogP contribution in [0.5, 0.6) is 11.5 Å². The van der Waals surface area contributed by atoms with E-state index in [2.05, 4.69) is 20.6 Å². The minimum absolute atomic E-state index is 0.0370. The minimum atomic E-state index is -2.07. The van der Waals surface area contributed by atoms with Gasteiger partial charge >= 0.3 is 0 Å². The zero-order valence-corrected chi connectivity index (χ0v) is 37.9. The van der Waals surface area contributed by atoms with Crippen molar-refractivity contribution in [1.29, 1.82) is 0 Å². The van der Waals surface area contributed by atoms with E-state index in [9.17, 15) is 43.8 Å². The van der Waals surface area contributed by atoms with Gasteiger partial charge in [-0.15, -0.1) is 23.2 Å². The molecule has 0 bridgehead atoms. The maximum Gasteiger partial charge on any atom is 0.243 e. The molecule has 0 aromatic heterocycles. The molecule has 2 fully saturated rings. The van der Waals surface area contributed by atoms with Crippen molar-refractivity contribution < 1.29 is 43.8 Å². The van der Waals surface area contributed by atoms with Crippen LogP contribution in [0.1, 0.15) is 62.5 Å². The SMILES string of the molecule is NC(N)=NCCC[C@H](NC(=O)[C@@H]1CCCN1C(=O)[C@H](N)Cc1ccc(O)cc1)C(=O)C(Cl)C(=O)C(Cl)C(=O)[C@H](CCCN=C(N)N)NC(=O)[C@@H]1CCCN1C(=O)[C@H](N)Cc1ccc(O)cc1. The Labute approximate surface area is 392 Å². The number of hydrogen-bond donors (Lipinski definition) is 10. The third-order valence-corrected chi connectivity index (χ3v) is 12.2. The van der Waals surface area contributed by atoms with Gasteiger partial charge in [0.1, 0.15) is 23.6 Å². The van der Waals surface area contributed by atoms with Gasteiger partial charge in [0.2, 0.25) is 23.6 Å². The number of ketones is 3. The molecule has 0 saturated carbocycles. The summed E-state index contributed by atoms with van der Waals surface area (Å²) in [4.78, 5) is 107. The van der Waals surface area contributed by atoms with E-state index >= 15 is 0 Å². The summed E-state index contributed by atoms with van der Waals surface area (Å²) >= 11 is 13.0. The van der Waals surface area contributed by atoms with Crippen molar-refractivity contribution in [3.8, 4) is 11.5 Å². The molecule has 2 aliphatic heterocycles. The maximum absolute atomic E-state index is 14.0. The number of phenols is 2. The van der Waals surface area contributed by atoms with Crippen LogP contribution >= 0.6 is 23.2 Å². The van der Waals surface area contributed by atoms with Crippen molar-refractivity contribution >= 4 is 76.1 Å². The predicted molar refractivity (Wildman–Crippen MR) is 247 cm³/mol. The fourth-order valence-electron chi connectivity index (χ4n) is 7.85. The summed E-state index contributed by atoms with van der Waals surface area (Å²) in [6.45, 7) is 0.497. The van der Waals surface area contributed by atoms with Gasteiger partial charge in [-0.1, -0.05) is 24.3 Å². The molecular formula is C43H60Cl2N12O9. The van der Waals surface area contributed by atoms with Crippen LogP contribution in [-0.2, 0) is 46.4 Å². The molecular weight excluding hydrogens is 899 g/mol. The standard InChI is InChI=1S/C43H60Cl2N12O9/c44-33(35(60)29(5-1-17-52-42(48)49)54-38(63)31-7-3-19-56(31)40(65)27(46)21-23-9-13-25(58)14-10-23)37(62)34(45)36(61)30(6-2-18-53-43(50)51)55-39(64)32-8-4-20-57(32)41(66)28(47)22-24-11-15-26(59)16-12-24/h9-16,27-34,58-59H,1-8,17-22,46-47H2,(H,54,63)(H,55,64)(H4,48,49,52)(H4,50,51,53)/t27-,28-,29+,30+,31+,32+,33?,34?/m1/s1. The highest BCUT2D eigenvalue weighted by Gasteiger charge is 2.43. The van der Waals surface area contributed by atoms with E-state index in [0.29, 0.717) is 24.0 Å². The Hall–Kier alpha value is -6.03. The number of nitrogens with two attached hydrogens (primary N) is 6. The number of phenolic OH excluding ortho intramolecular Hbond substituents is 2. The number of Topliss-reactive ketones (excluding diaryl/α,β-unsaturated/α-hetero) is 3. The Morgan fingerprint density at radius 2 is 0.955 bits per heavy atom. The van der Waals surface area contributed by atoms with Crippen molar-refractivity contribution in [3.63, 3.8) is 0 Å². The quantitative estimate of drug-likeness (QED) is 0.0189. The zero-order chi connectivity index (χ0) is 48.7. The molecule has 2 aromatic rings. The van der Waals surface area contributed by atoms with E-state index in [-0.39, 0.29) is 101 Å². The summed E-state index contributed by atoms with van der Waals surface area (Å²) in [6.07, 6.45) is 1.70. The molecule has 16 N–H and O–H groups in total. The number of nitrogens with zero attached hydrogens (tertiary/aromatic N) is 4. The lowest BCUT2D eigenvalue weighted by molar-refractivity contribution is -0.140. The first-order valence-electron chi connectivity index (χ1n) is 21.6. The number of alkyl halides is 2. The summed E-state index contributed by atoms with van der Waals surface area (Å²) in [5, 5.41) is 20.3. The van der Waals surface area contributed by atoms with Crippen LogP contribution in [-0.4, -0.2) is 146 Å². The Morgan fingerprint density at radius 1 is 0.606 bits per heavy atom. The van der Waals surface area contributed by atoms with Crippen molar-refractivity contribution in [3.05, 3.63) is 59.7 Å². The Morgan fingerprint density at radius 3 is 1.29 bits per heavy atom. The number of likely N-dealkylation sites (tertiary alicyclic amines) is 2. The highest BCUT2D eigenvalue weighted by molar-refractivity contribution is 6.53. The van der Waals surface area contributed by atoms with Crippen molar-refractivity contribution in [2.75, 3.05) is 26.2 Å². The molecule has 2 saturated heterocycles. The number of aliphatic imine (C=N–C) groups is 2. The molecule has 0 spiro atoms. The molecule has 4 rings (SSSR count). The third kappa shape index (κ3) is 15.0. The first-order valence-corrected chi connectivity index (χ1v) is 22.4.